The number of nitrogens with one attached hydrogen (secondary N) is 1. The van der Waals surface area contributed by atoms with Gasteiger partial charge in [-0.1, -0.05) is 12.8 Å². The molecule has 1 saturated carbocycles. The summed E-state index contributed by atoms with van der Waals surface area (Å²) >= 11 is 1.40. The molecule has 0 saturated heterocycles. The number of rotatable bonds is 3. The molecule has 112 valence electrons. The number of aromatic nitrogens is 2. The minimum absolute atomic E-state index is 0.00639. The van der Waals surface area contributed by atoms with E-state index in [1.165, 1.54) is 21.9 Å². The maximum absolute atomic E-state index is 12.3. The largest absolute Gasteiger partial charge is 0.388 e. The highest BCUT2D eigenvalue weighted by Gasteiger charge is 2.31. The van der Waals surface area contributed by atoms with Crippen molar-refractivity contribution in [2.75, 3.05) is 6.54 Å². The van der Waals surface area contributed by atoms with Crippen molar-refractivity contribution in [3.8, 4) is 0 Å². The lowest BCUT2D eigenvalue weighted by atomic mass is 10.0. The van der Waals surface area contributed by atoms with Crippen molar-refractivity contribution in [3.63, 3.8) is 0 Å². The van der Waals surface area contributed by atoms with Crippen molar-refractivity contribution in [2.45, 2.75) is 38.2 Å². The molecule has 1 aliphatic carbocycles. The van der Waals surface area contributed by atoms with E-state index in [4.69, 9.17) is 0 Å². The molecule has 7 heteroatoms. The molecule has 0 bridgehead atoms. The summed E-state index contributed by atoms with van der Waals surface area (Å²) < 4.78 is 1.39. The van der Waals surface area contributed by atoms with Gasteiger partial charge in [-0.3, -0.25) is 14.0 Å². The highest BCUT2D eigenvalue weighted by Crippen LogP contribution is 2.28. The van der Waals surface area contributed by atoms with Gasteiger partial charge in [-0.15, -0.1) is 11.3 Å². The van der Waals surface area contributed by atoms with Crippen molar-refractivity contribution < 1.29 is 9.90 Å². The number of carbonyl (C=O) groups excluding carboxylic acids is 1. The fourth-order valence-electron chi connectivity index (χ4n) is 2.70. The Morgan fingerprint density at radius 1 is 1.52 bits per heavy atom. The van der Waals surface area contributed by atoms with E-state index in [-0.39, 0.29) is 17.7 Å². The van der Waals surface area contributed by atoms with Crippen LogP contribution in [-0.4, -0.2) is 32.5 Å². The molecule has 0 radical (unpaired) electrons. The van der Waals surface area contributed by atoms with Crippen molar-refractivity contribution in [1.29, 1.82) is 0 Å². The van der Waals surface area contributed by atoms with Crippen LogP contribution in [0, 0.1) is 6.92 Å². The first-order valence-electron chi connectivity index (χ1n) is 6.97. The van der Waals surface area contributed by atoms with Gasteiger partial charge in [0.15, 0.2) is 4.96 Å². The molecule has 0 unspecified atom stereocenters. The quantitative estimate of drug-likeness (QED) is 0.889. The van der Waals surface area contributed by atoms with Crippen LogP contribution < -0.4 is 10.9 Å². The van der Waals surface area contributed by atoms with Crippen LogP contribution in [0.4, 0.5) is 0 Å². The Hall–Kier alpha value is -1.73. The number of aliphatic hydroxyl groups is 1. The van der Waals surface area contributed by atoms with Crippen molar-refractivity contribution in [3.05, 3.63) is 33.2 Å². The first-order valence-corrected chi connectivity index (χ1v) is 7.79. The van der Waals surface area contributed by atoms with Crippen LogP contribution in [0.15, 0.2) is 17.2 Å². The monoisotopic (exact) mass is 307 g/mol. The molecule has 0 aliphatic heterocycles. The molecule has 0 aromatic carbocycles. The molecule has 21 heavy (non-hydrogen) atoms. The standard InChI is InChI=1S/C14H17N3O3S/c1-9-7-17-12(19)10(6-15-13(17)21-9)11(18)16-8-14(20)4-2-3-5-14/h6-7,20H,2-5,8H2,1H3,(H,16,18). The SMILES string of the molecule is Cc1cn2c(=O)c(C(=O)NCC3(O)CCCC3)cnc2s1. The number of amides is 1. The number of fused-ring (bicyclic) bond motifs is 1. The molecular formula is C14H17N3O3S. The molecule has 1 fully saturated rings. The molecule has 2 aromatic heterocycles. The Bertz CT molecular complexity index is 743. The van der Waals surface area contributed by atoms with Gasteiger partial charge in [0.05, 0.1) is 5.60 Å². The maximum atomic E-state index is 12.3. The normalized spacial score (nSPS) is 17.2. The smallest absolute Gasteiger partial charge is 0.271 e. The maximum Gasteiger partial charge on any atom is 0.271 e. The zero-order valence-corrected chi connectivity index (χ0v) is 12.6. The molecule has 0 atom stereocenters. The second-order valence-corrected chi connectivity index (χ2v) is 6.80. The lowest BCUT2D eigenvalue weighted by Gasteiger charge is -2.22. The Morgan fingerprint density at radius 2 is 2.24 bits per heavy atom. The van der Waals surface area contributed by atoms with E-state index < -0.39 is 11.5 Å². The predicted octanol–water partition coefficient (Wildman–Crippen LogP) is 1.10. The summed E-state index contributed by atoms with van der Waals surface area (Å²) in [4.78, 5) is 30.1. The Balaban J connectivity index is 1.81. The average Bonchev–Trinajstić information content (AvgIpc) is 3.03. The Kier molecular flexibility index (Phi) is 3.54. The minimum Gasteiger partial charge on any atom is -0.388 e. The zero-order chi connectivity index (χ0) is 15.0. The molecule has 2 heterocycles. The third kappa shape index (κ3) is 2.71. The second-order valence-electron chi connectivity index (χ2n) is 5.59. The minimum atomic E-state index is -0.831. The summed E-state index contributed by atoms with van der Waals surface area (Å²) in [5.41, 5.74) is -1.20. The highest BCUT2D eigenvalue weighted by atomic mass is 32.1. The van der Waals surface area contributed by atoms with Crippen molar-refractivity contribution in [1.82, 2.24) is 14.7 Å². The topological polar surface area (TPSA) is 83.7 Å². The van der Waals surface area contributed by atoms with Crippen LogP contribution in [-0.2, 0) is 0 Å². The molecule has 1 aliphatic rings. The van der Waals surface area contributed by atoms with Gasteiger partial charge in [-0.25, -0.2) is 4.98 Å². The number of hydrogen-bond donors (Lipinski definition) is 2. The van der Waals surface area contributed by atoms with Gasteiger partial charge in [0, 0.05) is 23.8 Å². The average molecular weight is 307 g/mol. The second kappa shape index (κ2) is 5.23. The number of aryl methyl sites for hydroxylation is 1. The summed E-state index contributed by atoms with van der Waals surface area (Å²) in [7, 11) is 0. The van der Waals surface area contributed by atoms with Crippen LogP contribution in [0.3, 0.4) is 0 Å². The fraction of sp³-hybridized carbons (Fsp3) is 0.500. The summed E-state index contributed by atoms with van der Waals surface area (Å²) in [5, 5.41) is 12.9. The number of carbonyl (C=O) groups is 1. The number of hydrogen-bond acceptors (Lipinski definition) is 5. The van der Waals surface area contributed by atoms with Crippen LogP contribution in [0.25, 0.3) is 4.96 Å². The zero-order valence-electron chi connectivity index (χ0n) is 11.8. The van der Waals surface area contributed by atoms with E-state index in [1.54, 1.807) is 6.20 Å². The lowest BCUT2D eigenvalue weighted by Crippen LogP contribution is -2.42. The van der Waals surface area contributed by atoms with Gasteiger partial charge < -0.3 is 10.4 Å². The summed E-state index contributed by atoms with van der Waals surface area (Å²) in [6, 6.07) is 0. The third-order valence-electron chi connectivity index (χ3n) is 3.88. The molecule has 6 nitrogen and oxygen atoms in total. The Morgan fingerprint density at radius 3 is 2.95 bits per heavy atom. The van der Waals surface area contributed by atoms with E-state index in [1.807, 2.05) is 6.92 Å². The van der Waals surface area contributed by atoms with Crippen molar-refractivity contribution >= 4 is 22.2 Å². The Labute approximate surface area is 125 Å². The van der Waals surface area contributed by atoms with Crippen LogP contribution in [0.5, 0.6) is 0 Å². The summed E-state index contributed by atoms with van der Waals surface area (Å²) in [5.74, 6) is -0.480. The summed E-state index contributed by atoms with van der Waals surface area (Å²) in [6.45, 7) is 2.06. The number of nitrogens with zero attached hydrogens (tertiary/aromatic N) is 2. The van der Waals surface area contributed by atoms with Gasteiger partial charge in [-0.2, -0.15) is 0 Å². The molecule has 0 spiro atoms. The van der Waals surface area contributed by atoms with Gasteiger partial charge in [0.1, 0.15) is 5.56 Å². The van der Waals surface area contributed by atoms with Crippen molar-refractivity contribution in [2.24, 2.45) is 0 Å². The van der Waals surface area contributed by atoms with Crippen LogP contribution >= 0.6 is 11.3 Å². The van der Waals surface area contributed by atoms with E-state index in [2.05, 4.69) is 10.3 Å². The fourth-order valence-corrected chi connectivity index (χ4v) is 3.49. The third-order valence-corrected chi connectivity index (χ3v) is 4.79. The molecule has 2 N–H and O–H groups in total. The predicted molar refractivity (Wildman–Crippen MR) is 79.8 cm³/mol. The van der Waals surface area contributed by atoms with Gasteiger partial charge in [0.25, 0.3) is 11.5 Å². The molecule has 1 amide bonds. The molecule has 3 rings (SSSR count). The van der Waals surface area contributed by atoms with Gasteiger partial charge in [-0.05, 0) is 19.8 Å². The van der Waals surface area contributed by atoms with Crippen LogP contribution in [0.2, 0.25) is 0 Å². The molecule has 2 aromatic rings. The van der Waals surface area contributed by atoms with Gasteiger partial charge in [0.2, 0.25) is 0 Å². The van der Waals surface area contributed by atoms with Gasteiger partial charge >= 0.3 is 0 Å². The van der Waals surface area contributed by atoms with E-state index in [9.17, 15) is 14.7 Å². The van der Waals surface area contributed by atoms with E-state index in [0.717, 1.165) is 17.7 Å². The van der Waals surface area contributed by atoms with Crippen LogP contribution in [0.1, 0.15) is 40.9 Å². The van der Waals surface area contributed by atoms with E-state index >= 15 is 0 Å². The number of thiazole rings is 1. The molecular weight excluding hydrogens is 290 g/mol. The lowest BCUT2D eigenvalue weighted by molar-refractivity contribution is 0.0449. The van der Waals surface area contributed by atoms with E-state index in [0.29, 0.717) is 17.8 Å². The first kappa shape index (κ1) is 14.2. The summed E-state index contributed by atoms with van der Waals surface area (Å²) in [6.07, 6.45) is 6.30. The first-order chi connectivity index (χ1) is 9.98. The highest BCUT2D eigenvalue weighted by molar-refractivity contribution is 7.16.